The highest BCUT2D eigenvalue weighted by atomic mass is 19.1. The van der Waals surface area contributed by atoms with Crippen LogP contribution in [0, 0.1) is 95.1 Å². The topological polar surface area (TPSA) is 69.6 Å². The summed E-state index contributed by atoms with van der Waals surface area (Å²) >= 11 is 0. The number of likely N-dealkylation sites (tertiary alicyclic amines) is 1. The molecule has 2 N–H and O–H groups in total. The molecule has 306 valence electrons. The summed E-state index contributed by atoms with van der Waals surface area (Å²) in [4.78, 5) is 26.2. The van der Waals surface area contributed by atoms with Crippen molar-refractivity contribution in [3.8, 4) is 38.5 Å². The van der Waals surface area contributed by atoms with E-state index in [1.165, 1.54) is 57.4 Å². The molecule has 1 heterocycles. The number of amides is 1. The van der Waals surface area contributed by atoms with E-state index in [1.54, 1.807) is 18.2 Å². The molecule has 5 nitrogen and oxygen atoms in total. The number of terminal acetylenes is 3. The van der Waals surface area contributed by atoms with Crippen molar-refractivity contribution in [1.29, 1.82) is 0 Å². The number of carboxylic acids is 1. The number of allylic oxidation sites excluding steroid dienone is 3. The van der Waals surface area contributed by atoms with Gasteiger partial charge in [-0.3, -0.25) is 4.79 Å². The van der Waals surface area contributed by atoms with E-state index in [9.17, 15) is 14.7 Å². The Morgan fingerprint density at radius 2 is 1.52 bits per heavy atom. The van der Waals surface area contributed by atoms with E-state index in [1.807, 2.05) is 6.92 Å². The molecule has 0 spiro atoms. The highest BCUT2D eigenvalue weighted by Gasteiger charge is 2.69. The zero-order valence-electron chi connectivity index (χ0n) is 35.5. The third-order valence-corrected chi connectivity index (χ3v) is 16.1. The van der Waals surface area contributed by atoms with Crippen LogP contribution in [0.3, 0.4) is 0 Å². The maximum absolute atomic E-state index is 15.4. The molecule has 5 fully saturated rings. The van der Waals surface area contributed by atoms with Gasteiger partial charge in [0, 0.05) is 38.2 Å². The number of aromatic carboxylic acids is 1. The standard InChI is InChI=1S/C41H59FN2O3.C3H6.3C2H2/c1-37(2)29(28-11-10-27(36(46)47)25-32(28)42)14-18-38(3)33(37)15-19-40(5)34(38)13-12-30-31-9-8-17-41(31,21-20-39(30,40)4)26-43-22-16-35(45)44-23-6-7-24-44;1-3-2;3*1-2/h10-11,14,25,30-31,33-34,43H,6-9,12-13,15-24,26H2,1-5H3,(H,46,47);3H,1H2,2H3;3*1-2H/t30-,31?,33?,34?,38+,39-,40-,41-;;;;/m1..../s1. The number of carbonyl (C=O) groups is 2. The van der Waals surface area contributed by atoms with Crippen LogP contribution in [0.15, 0.2) is 36.9 Å². The van der Waals surface area contributed by atoms with Gasteiger partial charge in [0.05, 0.1) is 5.56 Å². The Balaban J connectivity index is 0.000000867. The molecule has 1 aliphatic heterocycles. The molecule has 3 unspecified atom stereocenters. The lowest BCUT2D eigenvalue weighted by molar-refractivity contribution is -0.222. The van der Waals surface area contributed by atoms with E-state index in [0.717, 1.165) is 69.3 Å². The monoisotopic (exact) mass is 767 g/mol. The Labute approximate surface area is 340 Å². The molecule has 7 rings (SSSR count). The summed E-state index contributed by atoms with van der Waals surface area (Å²) in [5.74, 6) is 1.44. The van der Waals surface area contributed by atoms with Crippen molar-refractivity contribution in [1.82, 2.24) is 10.2 Å². The van der Waals surface area contributed by atoms with Gasteiger partial charge in [-0.15, -0.1) is 45.1 Å². The summed E-state index contributed by atoms with van der Waals surface area (Å²) in [7, 11) is 0. The van der Waals surface area contributed by atoms with Gasteiger partial charge < -0.3 is 15.3 Å². The second-order valence-corrected chi connectivity index (χ2v) is 18.5. The van der Waals surface area contributed by atoms with Crippen LogP contribution in [0.1, 0.15) is 141 Å². The molecule has 1 amide bonds. The first-order valence-electron chi connectivity index (χ1n) is 21.0. The lowest BCUT2D eigenvalue weighted by atomic mass is 9.32. The first kappa shape index (κ1) is 46.6. The summed E-state index contributed by atoms with van der Waals surface area (Å²) in [5, 5.41) is 13.2. The number of benzene rings is 1. The van der Waals surface area contributed by atoms with Crippen LogP contribution in [0.5, 0.6) is 0 Å². The number of halogens is 1. The van der Waals surface area contributed by atoms with Gasteiger partial charge in [-0.1, -0.05) is 59.3 Å². The second-order valence-electron chi connectivity index (χ2n) is 18.5. The van der Waals surface area contributed by atoms with E-state index in [-0.39, 0.29) is 21.8 Å². The SMILES string of the molecule is C#C.C#C.C#C.C=CC.CC1(C)C(c2ccc(C(=O)O)cc2F)=CC[C@@]2(C)C1CC[C@]1(C)C2CC[C@@H]2C3CCC[C@]3(CNCCC(=O)N3CCCC3)CC[C@]21C. The quantitative estimate of drug-likeness (QED) is 0.165. The number of fused-ring (bicyclic) bond motifs is 7. The van der Waals surface area contributed by atoms with E-state index in [2.05, 4.69) is 96.0 Å². The Bertz CT molecular complexity index is 1620. The van der Waals surface area contributed by atoms with Crippen molar-refractivity contribution in [2.24, 2.45) is 50.7 Å². The Morgan fingerprint density at radius 1 is 0.875 bits per heavy atom. The van der Waals surface area contributed by atoms with Crippen molar-refractivity contribution in [3.05, 3.63) is 53.9 Å². The molecule has 0 aromatic heterocycles. The van der Waals surface area contributed by atoms with Crippen molar-refractivity contribution >= 4 is 17.4 Å². The minimum Gasteiger partial charge on any atom is -0.478 e. The number of nitrogens with zero attached hydrogens (tertiary/aromatic N) is 1. The zero-order chi connectivity index (χ0) is 42.1. The van der Waals surface area contributed by atoms with Gasteiger partial charge in [-0.25, -0.2) is 9.18 Å². The molecule has 6 heteroatoms. The third-order valence-electron chi connectivity index (χ3n) is 16.1. The Kier molecular flexibility index (Phi) is 15.9. The first-order valence-corrected chi connectivity index (χ1v) is 21.0. The van der Waals surface area contributed by atoms with Crippen molar-refractivity contribution in [2.45, 2.75) is 125 Å². The molecule has 6 aliphatic rings. The number of carboxylic acid groups (broad SMARTS) is 1. The van der Waals surface area contributed by atoms with Crippen LogP contribution in [0.4, 0.5) is 4.39 Å². The Morgan fingerprint density at radius 3 is 2.12 bits per heavy atom. The molecule has 0 bridgehead atoms. The number of nitrogens with one attached hydrogen (secondary N) is 1. The van der Waals surface area contributed by atoms with E-state index >= 15 is 4.39 Å². The van der Waals surface area contributed by atoms with Crippen molar-refractivity contribution in [2.75, 3.05) is 26.2 Å². The van der Waals surface area contributed by atoms with Gasteiger partial charge in [0.15, 0.2) is 0 Å². The van der Waals surface area contributed by atoms with Crippen LogP contribution < -0.4 is 5.32 Å². The van der Waals surface area contributed by atoms with Crippen molar-refractivity contribution in [3.63, 3.8) is 0 Å². The normalized spacial score (nSPS) is 34.4. The molecule has 1 aromatic rings. The molecule has 0 radical (unpaired) electrons. The fourth-order valence-electron chi connectivity index (χ4n) is 13.6. The summed E-state index contributed by atoms with van der Waals surface area (Å²) < 4.78 is 15.4. The summed E-state index contributed by atoms with van der Waals surface area (Å²) in [5.41, 5.74) is 2.57. The molecule has 5 aliphatic carbocycles. The molecule has 1 aromatic carbocycles. The molecule has 4 saturated carbocycles. The second kappa shape index (κ2) is 19.1. The highest BCUT2D eigenvalue weighted by molar-refractivity contribution is 5.88. The summed E-state index contributed by atoms with van der Waals surface area (Å²) in [6.45, 7) is 21.6. The van der Waals surface area contributed by atoms with Crippen LogP contribution >= 0.6 is 0 Å². The van der Waals surface area contributed by atoms with Gasteiger partial charge in [-0.2, -0.15) is 0 Å². The lowest BCUT2D eigenvalue weighted by Gasteiger charge is -2.72. The smallest absolute Gasteiger partial charge is 0.335 e. The Hall–Kier alpha value is -3.79. The lowest BCUT2D eigenvalue weighted by Crippen LogP contribution is -2.65. The third kappa shape index (κ3) is 8.14. The fourth-order valence-corrected chi connectivity index (χ4v) is 13.6. The first-order chi connectivity index (χ1) is 26.7. The minimum atomic E-state index is -1.09. The minimum absolute atomic E-state index is 0.00547. The van der Waals surface area contributed by atoms with Crippen molar-refractivity contribution < 1.29 is 19.1 Å². The van der Waals surface area contributed by atoms with E-state index in [0.29, 0.717) is 40.6 Å². The van der Waals surface area contributed by atoms with Gasteiger partial charge >= 0.3 is 5.97 Å². The molecular formula is C50H71FN2O3. The summed E-state index contributed by atoms with van der Waals surface area (Å²) in [6, 6.07) is 4.45. The van der Waals surface area contributed by atoms with Crippen LogP contribution in [-0.4, -0.2) is 48.1 Å². The number of rotatable bonds is 7. The predicted octanol–water partition coefficient (Wildman–Crippen LogP) is 10.9. The average Bonchev–Trinajstić information content (AvgIpc) is 3.88. The van der Waals surface area contributed by atoms with Crippen LogP contribution in [0.25, 0.3) is 5.57 Å². The van der Waals surface area contributed by atoms with Gasteiger partial charge in [0.1, 0.15) is 5.82 Å². The molecule has 1 saturated heterocycles. The number of carbonyl (C=O) groups excluding carboxylic acids is 1. The zero-order valence-corrected chi connectivity index (χ0v) is 35.5. The number of hydrogen-bond acceptors (Lipinski definition) is 3. The average molecular weight is 767 g/mol. The van der Waals surface area contributed by atoms with Gasteiger partial charge in [0.2, 0.25) is 5.91 Å². The number of hydrogen-bond donors (Lipinski definition) is 2. The highest BCUT2D eigenvalue weighted by Crippen LogP contribution is 2.77. The van der Waals surface area contributed by atoms with Crippen LogP contribution in [-0.2, 0) is 4.79 Å². The maximum atomic E-state index is 15.4. The fraction of sp³-hybridized carbons (Fsp3) is 0.640. The van der Waals surface area contributed by atoms with Crippen LogP contribution in [0.2, 0.25) is 0 Å². The van der Waals surface area contributed by atoms with E-state index < -0.39 is 11.8 Å². The maximum Gasteiger partial charge on any atom is 0.335 e. The largest absolute Gasteiger partial charge is 0.478 e. The predicted molar refractivity (Wildman–Crippen MR) is 231 cm³/mol. The van der Waals surface area contributed by atoms with Gasteiger partial charge in [-0.05, 0) is 146 Å². The summed E-state index contributed by atoms with van der Waals surface area (Å²) in [6.07, 6.45) is 43.7. The van der Waals surface area contributed by atoms with E-state index in [4.69, 9.17) is 0 Å². The molecule has 56 heavy (non-hydrogen) atoms. The molecular weight excluding hydrogens is 696 g/mol. The molecule has 8 atom stereocenters. The van der Waals surface area contributed by atoms with Gasteiger partial charge in [0.25, 0.3) is 0 Å².